The van der Waals surface area contributed by atoms with E-state index in [1.54, 1.807) is 0 Å². The molecule has 0 unspecified atom stereocenters. The molecule has 0 amide bonds. The minimum atomic E-state index is -0.833. The van der Waals surface area contributed by atoms with Crippen molar-refractivity contribution < 1.29 is 12.3 Å². The van der Waals surface area contributed by atoms with Gasteiger partial charge in [-0.05, 0) is 0 Å². The Hall–Kier alpha value is 0.786. The van der Waals surface area contributed by atoms with Crippen LogP contribution in [0, 0.1) is 0 Å². The molecule has 0 bridgehead atoms. The van der Waals surface area contributed by atoms with Crippen LogP contribution in [-0.4, -0.2) is 27.9 Å². The molecule has 0 fully saturated rings. The molecule has 0 aliphatic rings. The molecule has 0 aliphatic heterocycles. The summed E-state index contributed by atoms with van der Waals surface area (Å²) in [7, 11) is -0.833. The molecule has 0 atom stereocenters. The third-order valence-corrected chi connectivity index (χ3v) is 0. The molecule has 3 nitrogen and oxygen atoms in total. The maximum atomic E-state index is 8.46. The van der Waals surface area contributed by atoms with E-state index in [-0.39, 0.29) is 32.1 Å². The largest absolute Gasteiger partial charge is 2.00 e. The van der Waals surface area contributed by atoms with Gasteiger partial charge in [0.2, 0.25) is 0 Å². The van der Waals surface area contributed by atoms with Gasteiger partial charge < -0.3 is 13.9 Å². The normalized spacial score (nSPS) is 4.20. The first kappa shape index (κ1) is 17.1. The Balaban J connectivity index is -0.00000000333. The van der Waals surface area contributed by atoms with Gasteiger partial charge >= 0.3 is 31.7 Å². The van der Waals surface area contributed by atoms with Crippen molar-refractivity contribution in [3.8, 4) is 0 Å². The van der Waals surface area contributed by atoms with Crippen molar-refractivity contribution in [3.63, 3.8) is 0 Å². The van der Waals surface area contributed by atoms with Gasteiger partial charge in [0.05, 0.1) is 0 Å². The first-order valence-electron chi connectivity index (χ1n) is 0.383. The van der Waals surface area contributed by atoms with E-state index < -0.39 is 8.69 Å². The quantitative estimate of drug-likeness (QED) is 0.343. The summed E-state index contributed by atoms with van der Waals surface area (Å²) in [6.07, 6.45) is 0. The average molecular weight is 107 g/mol. The fourth-order valence-electron chi connectivity index (χ4n) is 0. The van der Waals surface area contributed by atoms with Crippen LogP contribution in [0.25, 0.3) is 0 Å². The van der Waals surface area contributed by atoms with Crippen molar-refractivity contribution in [1.29, 1.82) is 0 Å². The molecule has 0 saturated heterocycles. The summed E-state index contributed by atoms with van der Waals surface area (Å²) in [5, 5.41) is 0. The molecule has 5 heteroatoms. The third kappa shape index (κ3) is 60.1. The molecule has 4 N–H and O–H groups in total. The zero-order valence-corrected chi connectivity index (χ0v) is 5.03. The molecule has 30 valence electrons. The van der Waals surface area contributed by atoms with Gasteiger partial charge in [-0.1, -0.05) is 0 Å². The number of hydrogen-bond donors (Lipinski definition) is 2. The molecule has 0 aromatic rings. The van der Waals surface area contributed by atoms with Crippen LogP contribution in [0.1, 0.15) is 2.85 Å². The Morgan fingerprint density at radius 2 is 1.80 bits per heavy atom. The van der Waals surface area contributed by atoms with Gasteiger partial charge in [0.15, 0.2) is 0 Å². The topological polar surface area (TPSA) is 72.3 Å². The molecule has 0 aliphatic carbocycles. The van der Waals surface area contributed by atoms with Crippen molar-refractivity contribution in [2.24, 2.45) is 0 Å². The van der Waals surface area contributed by atoms with E-state index in [4.69, 9.17) is 9.46 Å². The molecule has 0 aromatic heterocycles. The maximum Gasteiger partial charge on any atom is 2.00 e. The Morgan fingerprint density at radius 1 is 1.80 bits per heavy atom. The molecule has 0 radical (unpaired) electrons. The average Bonchev–Trinajstić information content (AvgIpc) is 0.918. The molecule has 0 rings (SSSR count). The number of rotatable bonds is 0. The minimum Gasteiger partial charge on any atom is -1.00 e. The van der Waals surface area contributed by atoms with Crippen molar-refractivity contribution in [1.82, 2.24) is 6.15 Å². The van der Waals surface area contributed by atoms with Gasteiger partial charge in [0.1, 0.15) is 0 Å². The summed E-state index contributed by atoms with van der Waals surface area (Å²) in [6.45, 7) is 0. The second-order valence-corrected chi connectivity index (χ2v) is 0.245. The summed E-state index contributed by atoms with van der Waals surface area (Å²) < 4.78 is 8.46. The van der Waals surface area contributed by atoms with Gasteiger partial charge in [-0.3, -0.25) is 0 Å². The van der Waals surface area contributed by atoms with E-state index in [1.807, 2.05) is 0 Å². The summed E-state index contributed by atoms with van der Waals surface area (Å²) in [4.78, 5) is 6.99. The van der Waals surface area contributed by atoms with Crippen LogP contribution in [0.3, 0.4) is 0 Å². The van der Waals surface area contributed by atoms with Crippen LogP contribution in [0.4, 0.5) is 0 Å². The fourth-order valence-corrected chi connectivity index (χ4v) is 0. The van der Waals surface area contributed by atoms with Gasteiger partial charge in [0, 0.05) is 0 Å². The summed E-state index contributed by atoms with van der Waals surface area (Å²) in [5.74, 6) is 0. The zero-order valence-electron chi connectivity index (χ0n) is 4.72. The molecule has 5 heavy (non-hydrogen) atoms. The summed E-state index contributed by atoms with van der Waals surface area (Å²) in [6, 6.07) is 0. The van der Waals surface area contributed by atoms with Gasteiger partial charge in [-0.15, -0.1) is 0 Å². The second kappa shape index (κ2) is 21.5. The van der Waals surface area contributed by atoms with E-state index >= 15 is 0 Å². The number of hydrogen-bond acceptors (Lipinski definition) is 2. The standard InChI is InChI=1S/Mg.H3N.HO2P.2H/c;;1-3-2;;/h;1H3;(H,1,2);;/q+2;;;2*-1. The third-order valence-electron chi connectivity index (χ3n) is 0. The van der Waals surface area contributed by atoms with Crippen molar-refractivity contribution >= 4 is 31.7 Å². The SMILES string of the molecule is N.O=PO.[H-].[H-].[Mg+2]. The van der Waals surface area contributed by atoms with Crippen molar-refractivity contribution in [3.05, 3.63) is 0 Å². The van der Waals surface area contributed by atoms with Gasteiger partial charge in [-0.25, -0.2) is 4.57 Å². The fraction of sp³-hybridized carbons (Fsp3) is 0. The molecule has 0 heterocycles. The molecule has 0 spiro atoms. The first-order valence-corrected chi connectivity index (χ1v) is 1.15. The Labute approximate surface area is 50.8 Å². The molecule has 0 aromatic carbocycles. The van der Waals surface area contributed by atoms with E-state index in [9.17, 15) is 0 Å². The smallest absolute Gasteiger partial charge is 1.00 e. The Bertz CT molecular complexity index is 23.2. The minimum absolute atomic E-state index is 0. The van der Waals surface area contributed by atoms with Gasteiger partial charge in [-0.2, -0.15) is 0 Å². The Kier molecular flexibility index (Phi) is 73.4. The molecular formula is H6MgNO2P. The van der Waals surface area contributed by atoms with Crippen LogP contribution in [0.5, 0.6) is 0 Å². The van der Waals surface area contributed by atoms with Crippen molar-refractivity contribution in [2.75, 3.05) is 0 Å². The maximum absolute atomic E-state index is 8.46. The van der Waals surface area contributed by atoms with E-state index in [0.29, 0.717) is 0 Å². The van der Waals surface area contributed by atoms with Gasteiger partial charge in [0.25, 0.3) is 0 Å². The summed E-state index contributed by atoms with van der Waals surface area (Å²) >= 11 is 0. The van der Waals surface area contributed by atoms with Crippen LogP contribution < -0.4 is 6.15 Å². The van der Waals surface area contributed by atoms with Crippen LogP contribution in [0.15, 0.2) is 0 Å². The van der Waals surface area contributed by atoms with Crippen LogP contribution >= 0.6 is 8.69 Å². The van der Waals surface area contributed by atoms with E-state index in [0.717, 1.165) is 0 Å². The second-order valence-electron chi connectivity index (χ2n) is 0.0816. The van der Waals surface area contributed by atoms with Crippen molar-refractivity contribution in [2.45, 2.75) is 0 Å². The van der Waals surface area contributed by atoms with E-state index in [2.05, 4.69) is 0 Å². The van der Waals surface area contributed by atoms with Crippen LogP contribution in [0.2, 0.25) is 0 Å². The first-order chi connectivity index (χ1) is 1.41. The van der Waals surface area contributed by atoms with E-state index in [1.165, 1.54) is 0 Å². The zero-order chi connectivity index (χ0) is 2.71. The van der Waals surface area contributed by atoms with Crippen LogP contribution in [-0.2, 0) is 4.57 Å². The molecular weight excluding hydrogens is 101 g/mol. The predicted octanol–water partition coefficient (Wildman–Crippen LogP) is 0.192. The monoisotopic (exact) mass is 107 g/mol. The summed E-state index contributed by atoms with van der Waals surface area (Å²) in [5.41, 5.74) is 0. The predicted molar refractivity (Wildman–Crippen MR) is 22.8 cm³/mol. The molecule has 0 saturated carbocycles. The Morgan fingerprint density at radius 3 is 1.80 bits per heavy atom.